The van der Waals surface area contributed by atoms with Crippen molar-refractivity contribution in [1.29, 1.82) is 0 Å². The minimum atomic E-state index is -0.0869. The van der Waals surface area contributed by atoms with E-state index in [0.29, 0.717) is 12.6 Å². The van der Waals surface area contributed by atoms with Crippen molar-refractivity contribution < 1.29 is 9.53 Å². The largest absolute Gasteiger partial charge is 0.493 e. The average molecular weight is 568 g/mol. The number of likely N-dealkylation sites (N-methyl/N-ethyl adjacent to an activating group) is 1. The van der Waals surface area contributed by atoms with Crippen molar-refractivity contribution in [3.05, 3.63) is 85.1 Å². The molecule has 1 amide bonds. The Kier molecular flexibility index (Phi) is 10.2. The minimum absolute atomic E-state index is 0.0869. The number of carbonyl (C=O) groups excluding carboxylic acids is 1. The van der Waals surface area contributed by atoms with Gasteiger partial charge in [0.15, 0.2) is 0 Å². The smallest absolute Gasteiger partial charge is 0.243 e. The van der Waals surface area contributed by atoms with Crippen LogP contribution in [0.5, 0.6) is 5.75 Å². The summed E-state index contributed by atoms with van der Waals surface area (Å²) in [6.07, 6.45) is 10.3. The molecule has 1 fully saturated rings. The molecule has 3 heterocycles. The quantitative estimate of drug-likeness (QED) is 0.288. The van der Waals surface area contributed by atoms with E-state index in [4.69, 9.17) is 9.72 Å². The van der Waals surface area contributed by atoms with Gasteiger partial charge in [-0.15, -0.1) is 0 Å². The lowest BCUT2D eigenvalue weighted by molar-refractivity contribution is -0.117. The van der Waals surface area contributed by atoms with Crippen LogP contribution >= 0.6 is 0 Å². The molecular weight excluding hydrogens is 526 g/mol. The molecule has 42 heavy (non-hydrogen) atoms. The van der Waals surface area contributed by atoms with Crippen molar-refractivity contribution in [2.75, 3.05) is 57.0 Å². The lowest BCUT2D eigenvalue weighted by atomic mass is 10.1. The topological polar surface area (TPSA) is 94.7 Å². The maximum absolute atomic E-state index is 11.6. The van der Waals surface area contributed by atoms with E-state index < -0.39 is 0 Å². The van der Waals surface area contributed by atoms with Crippen LogP contribution < -0.4 is 20.7 Å². The standard InChI is InChI=1S/C33H41N7O2/c1-3-32(41)36-27-11-16-40(17-12-27)18-14-34-28-20-25-21-29(23-28)37-33-35-13-10-31(38-33)26-8-7-9-30(22-26)42-19-6-4-5-15-39(2)24-25/h3-5,7-10,13,20-23,27,34H,1,6,11-12,14-19,24H2,2H3,(H,36,41)(H,35,37,38)/b5-4+. The van der Waals surface area contributed by atoms with Crippen LogP contribution in [0.25, 0.3) is 11.3 Å². The van der Waals surface area contributed by atoms with E-state index in [1.807, 2.05) is 30.3 Å². The molecule has 9 heteroatoms. The van der Waals surface area contributed by atoms with Gasteiger partial charge in [0.2, 0.25) is 11.9 Å². The van der Waals surface area contributed by atoms with Gasteiger partial charge in [-0.3, -0.25) is 9.69 Å². The van der Waals surface area contributed by atoms with Crippen molar-refractivity contribution >= 4 is 23.2 Å². The number of amides is 1. The van der Waals surface area contributed by atoms with E-state index in [2.05, 4.69) is 74.7 Å². The van der Waals surface area contributed by atoms with Crippen molar-refractivity contribution in [3.8, 4) is 17.0 Å². The number of piperidine rings is 1. The summed E-state index contributed by atoms with van der Waals surface area (Å²) < 4.78 is 5.98. The molecule has 220 valence electrons. The van der Waals surface area contributed by atoms with Gasteiger partial charge in [0.25, 0.3) is 0 Å². The summed E-state index contributed by atoms with van der Waals surface area (Å²) in [5, 5.41) is 10.1. The van der Waals surface area contributed by atoms with Crippen molar-refractivity contribution in [2.45, 2.75) is 31.8 Å². The SMILES string of the molecule is C=CC(=O)NC1CCN(CCNc2cc3cc(c2)Nc2nccc(n2)-c2cccc(c2)OCC/C=C/CN(C)C3)CC1. The molecule has 3 N–H and O–H groups in total. The number of benzene rings is 2. The highest BCUT2D eigenvalue weighted by Gasteiger charge is 2.19. The van der Waals surface area contributed by atoms with Crippen LogP contribution in [0, 0.1) is 0 Å². The van der Waals surface area contributed by atoms with Crippen LogP contribution in [-0.2, 0) is 11.3 Å². The minimum Gasteiger partial charge on any atom is -0.493 e. The number of nitrogens with one attached hydrogen (secondary N) is 3. The van der Waals surface area contributed by atoms with Gasteiger partial charge in [-0.2, -0.15) is 0 Å². The maximum atomic E-state index is 11.6. The third-order valence-electron chi connectivity index (χ3n) is 7.50. The Balaban J connectivity index is 1.29. The number of ether oxygens (including phenoxy) is 1. The van der Waals surface area contributed by atoms with Gasteiger partial charge >= 0.3 is 0 Å². The molecule has 1 aromatic heterocycles. The van der Waals surface area contributed by atoms with Crippen LogP contribution in [-0.4, -0.2) is 78.1 Å². The summed E-state index contributed by atoms with van der Waals surface area (Å²) in [5.74, 6) is 1.29. The Hall–Kier alpha value is -4.21. The number of anilines is 3. The zero-order valence-electron chi connectivity index (χ0n) is 24.4. The number of hydrogen-bond donors (Lipinski definition) is 3. The second kappa shape index (κ2) is 14.6. The van der Waals surface area contributed by atoms with Gasteiger partial charge in [-0.05, 0) is 74.3 Å². The van der Waals surface area contributed by atoms with E-state index in [-0.39, 0.29) is 11.9 Å². The van der Waals surface area contributed by atoms with E-state index in [9.17, 15) is 4.79 Å². The number of hydrogen-bond acceptors (Lipinski definition) is 8. The highest BCUT2D eigenvalue weighted by molar-refractivity contribution is 5.87. The Morgan fingerprint density at radius 2 is 2.05 bits per heavy atom. The number of likely N-dealkylation sites (tertiary alicyclic amines) is 1. The first-order valence-corrected chi connectivity index (χ1v) is 14.7. The fraction of sp³-hybridized carbons (Fsp3) is 0.364. The zero-order valence-corrected chi connectivity index (χ0v) is 24.4. The molecule has 3 aromatic rings. The zero-order chi connectivity index (χ0) is 29.1. The molecule has 1 saturated heterocycles. The van der Waals surface area contributed by atoms with Crippen molar-refractivity contribution in [3.63, 3.8) is 0 Å². The van der Waals surface area contributed by atoms with Crippen LogP contribution in [0.3, 0.4) is 0 Å². The number of nitrogens with zero attached hydrogens (tertiary/aromatic N) is 4. The summed E-state index contributed by atoms with van der Waals surface area (Å²) in [6, 6.07) is 16.7. The molecule has 2 aliphatic rings. The van der Waals surface area contributed by atoms with Gasteiger partial charge in [0, 0.05) is 68.4 Å². The van der Waals surface area contributed by atoms with Gasteiger partial charge in [0.1, 0.15) is 5.75 Å². The fourth-order valence-electron chi connectivity index (χ4n) is 5.32. The third kappa shape index (κ3) is 8.64. The second-order valence-corrected chi connectivity index (χ2v) is 10.9. The molecule has 6 bridgehead atoms. The molecule has 9 nitrogen and oxygen atoms in total. The van der Waals surface area contributed by atoms with Crippen molar-refractivity contribution in [1.82, 2.24) is 25.1 Å². The van der Waals surface area contributed by atoms with Crippen molar-refractivity contribution in [2.24, 2.45) is 0 Å². The third-order valence-corrected chi connectivity index (χ3v) is 7.50. The van der Waals surface area contributed by atoms with Gasteiger partial charge in [-0.1, -0.05) is 30.9 Å². The second-order valence-electron chi connectivity index (χ2n) is 10.9. The lowest BCUT2D eigenvalue weighted by Gasteiger charge is -2.32. The van der Waals surface area contributed by atoms with E-state index in [0.717, 1.165) is 86.9 Å². The lowest BCUT2D eigenvalue weighted by Crippen LogP contribution is -2.45. The summed E-state index contributed by atoms with van der Waals surface area (Å²) in [5.41, 5.74) is 5.02. The van der Waals surface area contributed by atoms with Crippen LogP contribution in [0.1, 0.15) is 24.8 Å². The van der Waals surface area contributed by atoms with E-state index in [1.165, 1.54) is 11.6 Å². The molecule has 2 aliphatic heterocycles. The number of carbonyl (C=O) groups is 1. The first kappa shape index (κ1) is 29.3. The maximum Gasteiger partial charge on any atom is 0.243 e. The van der Waals surface area contributed by atoms with Crippen LogP contribution in [0.15, 0.2) is 79.5 Å². The molecular formula is C33H41N7O2. The number of rotatable bonds is 6. The number of fused-ring (bicyclic) bond motifs is 7. The Morgan fingerprint density at radius 1 is 1.17 bits per heavy atom. The molecule has 0 radical (unpaired) electrons. The van der Waals surface area contributed by atoms with E-state index in [1.54, 1.807) is 6.20 Å². The molecule has 2 aromatic carbocycles. The highest BCUT2D eigenvalue weighted by atomic mass is 16.5. The Morgan fingerprint density at radius 3 is 2.90 bits per heavy atom. The summed E-state index contributed by atoms with van der Waals surface area (Å²) in [7, 11) is 2.13. The molecule has 0 spiro atoms. The first-order valence-electron chi connectivity index (χ1n) is 14.7. The average Bonchev–Trinajstić information content (AvgIpc) is 2.99. The first-order chi connectivity index (χ1) is 20.5. The van der Waals surface area contributed by atoms with Gasteiger partial charge in [0.05, 0.1) is 12.3 Å². The fourth-order valence-corrected chi connectivity index (χ4v) is 5.32. The molecule has 5 rings (SSSR count). The highest BCUT2D eigenvalue weighted by Crippen LogP contribution is 2.26. The summed E-state index contributed by atoms with van der Waals surface area (Å²) in [6.45, 7) is 9.54. The molecule has 0 saturated carbocycles. The monoisotopic (exact) mass is 567 g/mol. The Bertz CT molecular complexity index is 1380. The van der Waals surface area contributed by atoms with Gasteiger partial charge < -0.3 is 25.6 Å². The number of aromatic nitrogens is 2. The van der Waals surface area contributed by atoms with E-state index >= 15 is 0 Å². The van der Waals surface area contributed by atoms with Crippen LogP contribution in [0.2, 0.25) is 0 Å². The predicted molar refractivity (Wildman–Crippen MR) is 169 cm³/mol. The molecule has 0 atom stereocenters. The van der Waals surface area contributed by atoms with Crippen LogP contribution in [0.4, 0.5) is 17.3 Å². The Labute approximate surface area is 248 Å². The normalized spacial score (nSPS) is 17.5. The van der Waals surface area contributed by atoms with Gasteiger partial charge in [-0.25, -0.2) is 9.97 Å². The molecule has 0 unspecified atom stereocenters. The predicted octanol–water partition coefficient (Wildman–Crippen LogP) is 4.84. The summed E-state index contributed by atoms with van der Waals surface area (Å²) >= 11 is 0. The molecule has 0 aliphatic carbocycles. The summed E-state index contributed by atoms with van der Waals surface area (Å²) in [4.78, 5) is 25.6.